The summed E-state index contributed by atoms with van der Waals surface area (Å²) in [7, 11) is 3.11. The van der Waals surface area contributed by atoms with Crippen LogP contribution in [0.25, 0.3) is 10.8 Å². The van der Waals surface area contributed by atoms with Crippen molar-refractivity contribution in [3.05, 3.63) is 101 Å². The van der Waals surface area contributed by atoms with Crippen LogP contribution in [0.15, 0.2) is 78.9 Å². The molecule has 4 aromatic carbocycles. The minimum absolute atomic E-state index is 0.0171. The molecule has 0 aromatic heterocycles. The van der Waals surface area contributed by atoms with Gasteiger partial charge in [0.1, 0.15) is 17.6 Å². The van der Waals surface area contributed by atoms with Crippen LogP contribution in [0.3, 0.4) is 0 Å². The van der Waals surface area contributed by atoms with Gasteiger partial charge in [-0.05, 0) is 46.8 Å². The van der Waals surface area contributed by atoms with Gasteiger partial charge in [-0.25, -0.2) is 4.39 Å². The van der Waals surface area contributed by atoms with Crippen LogP contribution in [0.5, 0.6) is 17.2 Å². The molecule has 1 aliphatic heterocycles. The van der Waals surface area contributed by atoms with Crippen LogP contribution in [0.1, 0.15) is 29.0 Å². The number of halogens is 1. The molecule has 1 unspecified atom stereocenters. The third-order valence-electron chi connectivity index (χ3n) is 8.25. The summed E-state index contributed by atoms with van der Waals surface area (Å²) in [4.78, 5) is 0. The van der Waals surface area contributed by atoms with Gasteiger partial charge in [0, 0.05) is 36.4 Å². The average molecular weight is 650 g/mol. The van der Waals surface area contributed by atoms with E-state index in [9.17, 15) is 14.6 Å². The van der Waals surface area contributed by atoms with Gasteiger partial charge in [-0.3, -0.25) is 0 Å². The normalized spacial score (nSPS) is 18.6. The highest BCUT2D eigenvalue weighted by atomic mass is 19.1. The van der Waals surface area contributed by atoms with E-state index in [1.807, 2.05) is 48.5 Å². The molecule has 3 N–H and O–H groups in total. The number of benzene rings is 4. The minimum atomic E-state index is -0.961. The summed E-state index contributed by atoms with van der Waals surface area (Å²) in [5.74, 6) is 1.19. The molecule has 1 saturated heterocycles. The Morgan fingerprint density at radius 2 is 1.66 bits per heavy atom. The number of aliphatic hydroxyl groups excluding tert-OH is 2. The van der Waals surface area contributed by atoms with E-state index in [1.54, 1.807) is 19.2 Å². The molecule has 252 valence electrons. The fourth-order valence-electron chi connectivity index (χ4n) is 5.91. The average Bonchev–Trinajstić information content (AvgIpc) is 3.11. The van der Waals surface area contributed by atoms with E-state index in [0.29, 0.717) is 44.9 Å². The molecule has 0 aliphatic carbocycles. The van der Waals surface area contributed by atoms with Crippen LogP contribution in [0.2, 0.25) is 0 Å². The molecule has 4 atom stereocenters. The highest BCUT2D eigenvalue weighted by Crippen LogP contribution is 2.33. The lowest BCUT2D eigenvalue weighted by atomic mass is 9.85. The topological polar surface area (TPSA) is 108 Å². The second kappa shape index (κ2) is 17.4. The maximum atomic E-state index is 13.9. The summed E-state index contributed by atoms with van der Waals surface area (Å²) in [5, 5.41) is 24.9. The monoisotopic (exact) mass is 649 g/mol. The number of aliphatic hydroxyl groups is 2. The van der Waals surface area contributed by atoms with Crippen LogP contribution in [-0.2, 0) is 27.4 Å². The first kappa shape index (κ1) is 34.6. The van der Waals surface area contributed by atoms with Gasteiger partial charge in [0.05, 0.1) is 66.1 Å². The minimum Gasteiger partial charge on any atom is -0.496 e. The Hall–Kier alpha value is -3.77. The van der Waals surface area contributed by atoms with Crippen molar-refractivity contribution >= 4 is 10.8 Å². The number of nitrogens with one attached hydrogen (secondary N) is 1. The molecule has 1 heterocycles. The first-order valence-electron chi connectivity index (χ1n) is 15.9. The Morgan fingerprint density at radius 3 is 2.43 bits per heavy atom. The zero-order valence-corrected chi connectivity index (χ0v) is 26.9. The van der Waals surface area contributed by atoms with Crippen LogP contribution >= 0.6 is 0 Å². The molecule has 9 nitrogen and oxygen atoms in total. The first-order valence-corrected chi connectivity index (χ1v) is 15.9. The number of rotatable bonds is 17. The number of para-hydroxylation sites is 1. The second-order valence-electron chi connectivity index (χ2n) is 11.5. The highest BCUT2D eigenvalue weighted by Gasteiger charge is 2.36. The number of methoxy groups -OCH3 is 2. The fourth-order valence-corrected chi connectivity index (χ4v) is 5.91. The molecule has 1 aliphatic rings. The third kappa shape index (κ3) is 9.19. The molecule has 0 bridgehead atoms. The van der Waals surface area contributed by atoms with Gasteiger partial charge in [0.2, 0.25) is 0 Å². The molecule has 0 amide bonds. The highest BCUT2D eigenvalue weighted by molar-refractivity contribution is 5.89. The van der Waals surface area contributed by atoms with Crippen molar-refractivity contribution in [3.63, 3.8) is 0 Å². The van der Waals surface area contributed by atoms with E-state index < -0.39 is 11.9 Å². The molecule has 0 radical (unpaired) electrons. The van der Waals surface area contributed by atoms with Crippen LogP contribution in [-0.4, -0.2) is 82.3 Å². The summed E-state index contributed by atoms with van der Waals surface area (Å²) in [6, 6.07) is 24.9. The molecule has 10 heteroatoms. The number of fused-ring (bicyclic) bond motifs is 1. The zero-order valence-electron chi connectivity index (χ0n) is 26.9. The molecular weight excluding hydrogens is 605 g/mol. The van der Waals surface area contributed by atoms with Crippen molar-refractivity contribution in [1.29, 1.82) is 0 Å². The van der Waals surface area contributed by atoms with Gasteiger partial charge in [-0.2, -0.15) is 0 Å². The van der Waals surface area contributed by atoms with Crippen LogP contribution < -0.4 is 19.5 Å². The summed E-state index contributed by atoms with van der Waals surface area (Å²) < 4.78 is 49.0. The third-order valence-corrected chi connectivity index (χ3v) is 8.25. The number of hydrogen-bond acceptors (Lipinski definition) is 9. The van der Waals surface area contributed by atoms with Crippen molar-refractivity contribution in [2.75, 3.05) is 53.7 Å². The summed E-state index contributed by atoms with van der Waals surface area (Å²) >= 11 is 0. The van der Waals surface area contributed by atoms with E-state index in [4.69, 9.17) is 28.4 Å². The van der Waals surface area contributed by atoms with Crippen LogP contribution in [0.4, 0.5) is 4.39 Å². The smallest absolute Gasteiger partial charge is 0.165 e. The lowest BCUT2D eigenvalue weighted by molar-refractivity contribution is -0.0833. The fraction of sp³-hybridized carbons (Fsp3) is 0.405. The van der Waals surface area contributed by atoms with Gasteiger partial charge in [-0.15, -0.1) is 0 Å². The number of ether oxygens (including phenoxy) is 6. The van der Waals surface area contributed by atoms with Crippen LogP contribution in [0, 0.1) is 5.82 Å². The van der Waals surface area contributed by atoms with Crippen molar-refractivity contribution < 1.29 is 43.0 Å². The molecule has 0 saturated carbocycles. The predicted molar refractivity (Wildman–Crippen MR) is 177 cm³/mol. The van der Waals surface area contributed by atoms with Crippen molar-refractivity contribution in [1.82, 2.24) is 5.32 Å². The van der Waals surface area contributed by atoms with Crippen molar-refractivity contribution in [2.45, 2.75) is 43.9 Å². The maximum Gasteiger partial charge on any atom is 0.165 e. The Morgan fingerprint density at radius 1 is 0.872 bits per heavy atom. The SMILES string of the molecule is COc1c(F)cccc1COCCCOc1ccc([C@@H]2[C@@H](OCc3cc(OC)c4ccccc4c3)CNC[C@H]2OCC(O)CO)cc1. The van der Waals surface area contributed by atoms with E-state index in [0.717, 1.165) is 33.4 Å². The second-order valence-corrected chi connectivity index (χ2v) is 11.5. The largest absolute Gasteiger partial charge is 0.496 e. The van der Waals surface area contributed by atoms with Crippen molar-refractivity contribution in [3.8, 4) is 17.2 Å². The predicted octanol–water partition coefficient (Wildman–Crippen LogP) is 4.99. The van der Waals surface area contributed by atoms with Crippen molar-refractivity contribution in [2.24, 2.45) is 0 Å². The number of piperidine rings is 1. The lowest BCUT2D eigenvalue weighted by Crippen LogP contribution is -2.51. The molecule has 47 heavy (non-hydrogen) atoms. The molecule has 5 rings (SSSR count). The Kier molecular flexibility index (Phi) is 12.8. The lowest BCUT2D eigenvalue weighted by Gasteiger charge is -2.39. The van der Waals surface area contributed by atoms with Gasteiger partial charge < -0.3 is 44.0 Å². The zero-order chi connectivity index (χ0) is 33.0. The summed E-state index contributed by atoms with van der Waals surface area (Å²) in [6.07, 6.45) is -0.816. The van der Waals surface area contributed by atoms with Gasteiger partial charge in [0.25, 0.3) is 0 Å². The van der Waals surface area contributed by atoms with E-state index in [-0.39, 0.29) is 43.7 Å². The first-order chi connectivity index (χ1) is 23.0. The molecule has 0 spiro atoms. The standard InChI is InChI=1S/C37H44FNO8/c1-42-33-18-25(17-27-7-3-4-9-31(27)33)22-46-34-19-39-20-35(47-24-29(41)21-40)36(34)26-11-13-30(14-12-26)45-16-6-15-44-23-28-8-5-10-32(38)37(28)43-2/h3-5,7-14,17-18,29,34-36,39-41H,6,15-16,19-24H2,1-2H3/t29?,34-,35+,36+/m0/s1. The van der Waals surface area contributed by atoms with E-state index >= 15 is 0 Å². The van der Waals surface area contributed by atoms with E-state index in [2.05, 4.69) is 17.4 Å². The Labute approximate surface area is 275 Å². The quantitative estimate of drug-likeness (QED) is 0.136. The Bertz CT molecular complexity index is 1550. The van der Waals surface area contributed by atoms with E-state index in [1.165, 1.54) is 13.2 Å². The summed E-state index contributed by atoms with van der Waals surface area (Å²) in [5.41, 5.74) is 2.69. The molecular formula is C37H44FNO8. The molecule has 4 aromatic rings. The Balaban J connectivity index is 1.20. The summed E-state index contributed by atoms with van der Waals surface area (Å²) in [6.45, 7) is 2.39. The van der Waals surface area contributed by atoms with Gasteiger partial charge >= 0.3 is 0 Å². The molecule has 1 fully saturated rings. The number of hydrogen-bond donors (Lipinski definition) is 3. The van der Waals surface area contributed by atoms with Gasteiger partial charge in [0.15, 0.2) is 11.6 Å². The maximum absolute atomic E-state index is 13.9. The van der Waals surface area contributed by atoms with Gasteiger partial charge in [-0.1, -0.05) is 48.5 Å².